The molecule has 1 rings (SSSR count). The first kappa shape index (κ1) is 14.6. The Morgan fingerprint density at radius 3 is 2.53 bits per heavy atom. The predicted molar refractivity (Wildman–Crippen MR) is 76.8 cm³/mol. The summed E-state index contributed by atoms with van der Waals surface area (Å²) in [5.74, 6) is 0.952. The van der Waals surface area contributed by atoms with Gasteiger partial charge in [0.15, 0.2) is 9.84 Å². The van der Waals surface area contributed by atoms with Crippen LogP contribution in [-0.4, -0.2) is 31.2 Å². The van der Waals surface area contributed by atoms with Gasteiger partial charge in [0.2, 0.25) is 0 Å². The van der Waals surface area contributed by atoms with E-state index in [4.69, 9.17) is 0 Å². The minimum Gasteiger partial charge on any atom is -0.369 e. The van der Waals surface area contributed by atoms with Crippen LogP contribution in [0.25, 0.3) is 0 Å². The smallest absolute Gasteiger partial charge is 0.154 e. The lowest BCUT2D eigenvalue weighted by molar-refractivity contribution is 0.599. The van der Waals surface area contributed by atoms with Crippen molar-refractivity contribution in [3.05, 3.63) is 15.1 Å². The van der Waals surface area contributed by atoms with Gasteiger partial charge in [-0.25, -0.2) is 18.4 Å². The first-order valence-electron chi connectivity index (χ1n) is 5.28. The summed E-state index contributed by atoms with van der Waals surface area (Å²) in [6.07, 6.45) is 2.17. The molecule has 5 nitrogen and oxygen atoms in total. The van der Waals surface area contributed by atoms with Crippen LogP contribution in [0.4, 0.5) is 5.82 Å². The minimum absolute atomic E-state index is 0.119. The molecule has 1 heterocycles. The number of hydrogen-bond acceptors (Lipinski definition) is 5. The van der Waals surface area contributed by atoms with E-state index in [1.807, 2.05) is 6.92 Å². The number of nitrogens with zero attached hydrogens (tertiary/aromatic N) is 2. The molecule has 0 fully saturated rings. The van der Waals surface area contributed by atoms with Gasteiger partial charge in [0.05, 0.1) is 9.26 Å². The number of nitrogens with one attached hydrogen (secondary N) is 1. The Bertz CT molecular complexity index is 503. The van der Waals surface area contributed by atoms with E-state index in [1.165, 1.54) is 6.26 Å². The fraction of sp³-hybridized carbons (Fsp3) is 0.600. The van der Waals surface area contributed by atoms with Gasteiger partial charge in [0, 0.05) is 12.8 Å². The molecular formula is C10H16IN3O2S. The van der Waals surface area contributed by atoms with Gasteiger partial charge in [-0.2, -0.15) is 0 Å². The van der Waals surface area contributed by atoms with Crippen LogP contribution in [0.3, 0.4) is 0 Å². The molecule has 0 saturated carbocycles. The van der Waals surface area contributed by atoms with Crippen LogP contribution >= 0.6 is 22.6 Å². The number of aryl methyl sites for hydroxylation is 1. The third-order valence-corrected chi connectivity index (χ3v) is 4.07. The van der Waals surface area contributed by atoms with Gasteiger partial charge >= 0.3 is 0 Å². The normalized spacial score (nSPS) is 11.5. The Labute approximate surface area is 115 Å². The standard InChI is InChI=1S/C10H16IN3O2S/c1-4-5-12-10-9(11)7(2)13-8(14-10)6-17(3,15)16/h4-6H2,1-3H3,(H,12,13,14). The summed E-state index contributed by atoms with van der Waals surface area (Å²) in [6, 6.07) is 0. The average molecular weight is 369 g/mol. The zero-order valence-electron chi connectivity index (χ0n) is 10.1. The van der Waals surface area contributed by atoms with Gasteiger partial charge in [-0.05, 0) is 35.9 Å². The summed E-state index contributed by atoms with van der Waals surface area (Å²) in [5.41, 5.74) is 0.804. The summed E-state index contributed by atoms with van der Waals surface area (Å²) in [5, 5.41) is 3.18. The van der Waals surface area contributed by atoms with Crippen LogP contribution in [0.2, 0.25) is 0 Å². The molecular weight excluding hydrogens is 353 g/mol. The van der Waals surface area contributed by atoms with Gasteiger partial charge in [0.1, 0.15) is 17.4 Å². The SMILES string of the molecule is CCCNc1nc(CS(C)(=O)=O)nc(C)c1I. The maximum absolute atomic E-state index is 11.2. The van der Waals surface area contributed by atoms with Crippen molar-refractivity contribution in [1.82, 2.24) is 9.97 Å². The van der Waals surface area contributed by atoms with E-state index in [2.05, 4.69) is 44.8 Å². The van der Waals surface area contributed by atoms with Crippen LogP contribution < -0.4 is 5.32 Å². The van der Waals surface area contributed by atoms with Crippen molar-refractivity contribution in [2.45, 2.75) is 26.0 Å². The number of halogens is 1. The van der Waals surface area contributed by atoms with Gasteiger partial charge < -0.3 is 5.32 Å². The topological polar surface area (TPSA) is 72.0 Å². The Balaban J connectivity index is 3.05. The lowest BCUT2D eigenvalue weighted by Crippen LogP contribution is -2.12. The molecule has 0 aliphatic carbocycles. The zero-order chi connectivity index (χ0) is 13.1. The van der Waals surface area contributed by atoms with Gasteiger partial charge in [-0.3, -0.25) is 0 Å². The van der Waals surface area contributed by atoms with E-state index < -0.39 is 9.84 Å². The van der Waals surface area contributed by atoms with Crippen molar-refractivity contribution >= 4 is 38.2 Å². The molecule has 0 atom stereocenters. The molecule has 0 aliphatic heterocycles. The number of sulfone groups is 1. The second kappa shape index (κ2) is 5.94. The molecule has 17 heavy (non-hydrogen) atoms. The van der Waals surface area contributed by atoms with Crippen LogP contribution in [0.5, 0.6) is 0 Å². The molecule has 7 heteroatoms. The Morgan fingerprint density at radius 2 is 2.00 bits per heavy atom. The van der Waals surface area contributed by atoms with E-state index in [9.17, 15) is 8.42 Å². The Kier molecular flexibility index (Phi) is 5.11. The van der Waals surface area contributed by atoms with E-state index in [-0.39, 0.29) is 5.75 Å². The van der Waals surface area contributed by atoms with Crippen LogP contribution in [0.1, 0.15) is 24.9 Å². The summed E-state index contributed by atoms with van der Waals surface area (Å²) in [6.45, 7) is 4.72. The van der Waals surface area contributed by atoms with Crippen LogP contribution in [0, 0.1) is 10.5 Å². The maximum atomic E-state index is 11.2. The highest BCUT2D eigenvalue weighted by Crippen LogP contribution is 2.19. The largest absolute Gasteiger partial charge is 0.369 e. The van der Waals surface area contributed by atoms with E-state index in [1.54, 1.807) is 0 Å². The lowest BCUT2D eigenvalue weighted by Gasteiger charge is -2.10. The highest BCUT2D eigenvalue weighted by molar-refractivity contribution is 14.1. The lowest BCUT2D eigenvalue weighted by atomic mass is 10.4. The van der Waals surface area contributed by atoms with E-state index >= 15 is 0 Å². The molecule has 0 saturated heterocycles. The first-order valence-corrected chi connectivity index (χ1v) is 8.42. The zero-order valence-corrected chi connectivity index (χ0v) is 13.1. The van der Waals surface area contributed by atoms with Crippen molar-refractivity contribution in [3.8, 4) is 0 Å². The quantitative estimate of drug-likeness (QED) is 0.801. The summed E-state index contributed by atoms with van der Waals surface area (Å²) in [4.78, 5) is 8.44. The fourth-order valence-corrected chi connectivity index (χ4v) is 2.31. The van der Waals surface area contributed by atoms with Gasteiger partial charge in [0.25, 0.3) is 0 Å². The molecule has 0 aliphatic rings. The summed E-state index contributed by atoms with van der Waals surface area (Å²) < 4.78 is 23.4. The average Bonchev–Trinajstić information content (AvgIpc) is 2.18. The van der Waals surface area contributed by atoms with Crippen molar-refractivity contribution in [1.29, 1.82) is 0 Å². The van der Waals surface area contributed by atoms with Crippen LogP contribution in [0.15, 0.2) is 0 Å². The van der Waals surface area contributed by atoms with Crippen molar-refractivity contribution in [2.75, 3.05) is 18.1 Å². The maximum Gasteiger partial charge on any atom is 0.154 e. The molecule has 0 bridgehead atoms. The third kappa shape index (κ3) is 4.74. The number of anilines is 1. The molecule has 0 amide bonds. The predicted octanol–water partition coefficient (Wildman–Crippen LogP) is 1.76. The molecule has 0 radical (unpaired) electrons. The summed E-state index contributed by atoms with van der Waals surface area (Å²) >= 11 is 2.16. The highest BCUT2D eigenvalue weighted by Gasteiger charge is 2.12. The molecule has 1 aromatic heterocycles. The Hall–Kier alpha value is -0.440. The monoisotopic (exact) mass is 369 g/mol. The third-order valence-electron chi connectivity index (χ3n) is 2.00. The van der Waals surface area contributed by atoms with Crippen molar-refractivity contribution < 1.29 is 8.42 Å². The molecule has 0 unspecified atom stereocenters. The second-order valence-electron chi connectivity index (χ2n) is 3.88. The highest BCUT2D eigenvalue weighted by atomic mass is 127. The number of rotatable bonds is 5. The van der Waals surface area contributed by atoms with Gasteiger partial charge in [-0.1, -0.05) is 6.92 Å². The number of aromatic nitrogens is 2. The van der Waals surface area contributed by atoms with Crippen LogP contribution in [-0.2, 0) is 15.6 Å². The Morgan fingerprint density at radius 1 is 1.35 bits per heavy atom. The first-order chi connectivity index (χ1) is 7.83. The second-order valence-corrected chi connectivity index (χ2v) is 7.10. The minimum atomic E-state index is -3.10. The van der Waals surface area contributed by atoms with Crippen molar-refractivity contribution in [3.63, 3.8) is 0 Å². The molecule has 0 aromatic carbocycles. The molecule has 1 aromatic rings. The van der Waals surface area contributed by atoms with Gasteiger partial charge in [-0.15, -0.1) is 0 Å². The van der Waals surface area contributed by atoms with E-state index in [0.29, 0.717) is 5.82 Å². The molecule has 1 N–H and O–H groups in total. The molecule has 96 valence electrons. The van der Waals surface area contributed by atoms with E-state index in [0.717, 1.165) is 28.0 Å². The summed E-state index contributed by atoms with van der Waals surface area (Å²) in [7, 11) is -3.10. The van der Waals surface area contributed by atoms with Crippen molar-refractivity contribution in [2.24, 2.45) is 0 Å². The fourth-order valence-electron chi connectivity index (χ4n) is 1.28. The molecule has 0 spiro atoms. The number of hydrogen-bond donors (Lipinski definition) is 1.